The molecule has 2 atom stereocenters. The Morgan fingerprint density at radius 1 is 1.37 bits per heavy atom. The summed E-state index contributed by atoms with van der Waals surface area (Å²) in [5, 5.41) is 15.6. The van der Waals surface area contributed by atoms with E-state index in [-0.39, 0.29) is 17.9 Å². The number of para-hydroxylation sites is 1. The highest BCUT2D eigenvalue weighted by molar-refractivity contribution is 5.97. The van der Waals surface area contributed by atoms with Crippen LogP contribution in [-0.4, -0.2) is 75.6 Å². The summed E-state index contributed by atoms with van der Waals surface area (Å²) in [6.07, 6.45) is -0.477. The van der Waals surface area contributed by atoms with Crippen LogP contribution in [0.4, 0.5) is 10.5 Å². The van der Waals surface area contributed by atoms with Gasteiger partial charge in [0.05, 0.1) is 44.2 Å². The number of nitrogens with two attached hydrogens (primary N) is 1. The third-order valence-corrected chi connectivity index (χ3v) is 5.23. The normalized spacial score (nSPS) is 16.9. The summed E-state index contributed by atoms with van der Waals surface area (Å²) < 4.78 is 18.5. The Morgan fingerprint density at radius 2 is 2.11 bits per heavy atom. The van der Waals surface area contributed by atoms with Gasteiger partial charge in [-0.2, -0.15) is 0 Å². The van der Waals surface area contributed by atoms with Gasteiger partial charge >= 0.3 is 6.09 Å². The highest BCUT2D eigenvalue weighted by Crippen LogP contribution is 2.34. The van der Waals surface area contributed by atoms with Crippen molar-refractivity contribution in [1.29, 1.82) is 0 Å². The Bertz CT molecular complexity index is 1080. The van der Waals surface area contributed by atoms with Crippen LogP contribution in [0.2, 0.25) is 0 Å². The second kappa shape index (κ2) is 10.7. The number of carbonyl (C=O) groups excluding carboxylic acids is 2. The number of benzene rings is 1. The van der Waals surface area contributed by atoms with E-state index in [0.29, 0.717) is 31.2 Å². The third kappa shape index (κ3) is 6.27. The van der Waals surface area contributed by atoms with Gasteiger partial charge < -0.3 is 25.3 Å². The molecule has 12 heteroatoms. The van der Waals surface area contributed by atoms with Crippen LogP contribution in [0.1, 0.15) is 49.9 Å². The number of amides is 2. The van der Waals surface area contributed by atoms with Crippen molar-refractivity contribution in [3.63, 3.8) is 0 Å². The number of rotatable bonds is 8. The Labute approximate surface area is 204 Å². The number of aromatic nitrogens is 4. The molecule has 35 heavy (non-hydrogen) atoms. The number of nitrogens with zero attached hydrogens (tertiary/aromatic N) is 5. The van der Waals surface area contributed by atoms with Gasteiger partial charge in [0.25, 0.3) is 5.91 Å². The van der Waals surface area contributed by atoms with Crippen LogP contribution in [0.15, 0.2) is 30.4 Å². The fourth-order valence-electron chi connectivity index (χ4n) is 3.81. The minimum absolute atomic E-state index is 0.203. The zero-order valence-electron chi connectivity index (χ0n) is 20.8. The number of allylic oxidation sites excluding steroid dienone is 1. The number of hydrogen-bond acceptors (Lipinski definition) is 9. The lowest BCUT2D eigenvalue weighted by molar-refractivity contribution is -0.0374. The molecule has 0 saturated carbocycles. The number of anilines is 1. The third-order valence-electron chi connectivity index (χ3n) is 5.23. The Kier molecular flexibility index (Phi) is 7.95. The molecule has 12 nitrogen and oxygen atoms in total. The lowest BCUT2D eigenvalue weighted by Crippen LogP contribution is -2.54. The number of nitrogens with one attached hydrogen (secondary N) is 1. The molecule has 2 aromatic rings. The van der Waals surface area contributed by atoms with E-state index in [2.05, 4.69) is 27.4 Å². The molecule has 1 fully saturated rings. The number of ether oxygens (including phenoxy) is 3. The number of hydrogen-bond donors (Lipinski definition) is 2. The summed E-state index contributed by atoms with van der Waals surface area (Å²) in [5.74, 6) is 0.0820. The topological polar surface area (TPSA) is 147 Å². The van der Waals surface area contributed by atoms with Gasteiger partial charge in [-0.1, -0.05) is 18.2 Å². The molecule has 0 aliphatic carbocycles. The average molecular weight is 488 g/mol. The first-order valence-corrected chi connectivity index (χ1v) is 11.2. The minimum Gasteiger partial charge on any atom is -0.494 e. The van der Waals surface area contributed by atoms with E-state index in [1.54, 1.807) is 27.8 Å². The van der Waals surface area contributed by atoms with E-state index in [1.165, 1.54) is 7.11 Å². The van der Waals surface area contributed by atoms with Gasteiger partial charge in [-0.05, 0) is 50.3 Å². The fourth-order valence-corrected chi connectivity index (χ4v) is 3.81. The van der Waals surface area contributed by atoms with Crippen molar-refractivity contribution in [1.82, 2.24) is 25.1 Å². The van der Waals surface area contributed by atoms with Gasteiger partial charge in [0, 0.05) is 6.54 Å². The molecular formula is C23H33N7O5. The van der Waals surface area contributed by atoms with Crippen molar-refractivity contribution >= 4 is 17.7 Å². The van der Waals surface area contributed by atoms with Crippen LogP contribution in [0.3, 0.4) is 0 Å². The predicted molar refractivity (Wildman–Crippen MR) is 128 cm³/mol. The van der Waals surface area contributed by atoms with E-state index < -0.39 is 29.7 Å². The maximum atomic E-state index is 13.1. The highest BCUT2D eigenvalue weighted by Gasteiger charge is 2.40. The van der Waals surface area contributed by atoms with E-state index in [0.717, 1.165) is 5.57 Å². The van der Waals surface area contributed by atoms with E-state index in [1.807, 2.05) is 27.7 Å². The van der Waals surface area contributed by atoms with Crippen LogP contribution < -0.4 is 15.8 Å². The molecule has 2 heterocycles. The summed E-state index contributed by atoms with van der Waals surface area (Å²) in [4.78, 5) is 26.7. The smallest absolute Gasteiger partial charge is 0.410 e. The summed E-state index contributed by atoms with van der Waals surface area (Å²) in [6, 6.07) is 3.79. The average Bonchev–Trinajstić information content (AvgIpc) is 3.23. The number of morpholine rings is 1. The molecule has 1 aliphatic heterocycles. The summed E-state index contributed by atoms with van der Waals surface area (Å²) in [6.45, 7) is 12.5. The zero-order valence-corrected chi connectivity index (χ0v) is 20.8. The maximum absolute atomic E-state index is 13.1. The molecule has 2 unspecified atom stereocenters. The van der Waals surface area contributed by atoms with Gasteiger partial charge in [0.1, 0.15) is 11.6 Å². The Morgan fingerprint density at radius 3 is 2.74 bits per heavy atom. The second-order valence-corrected chi connectivity index (χ2v) is 9.34. The van der Waals surface area contributed by atoms with Crippen LogP contribution in [0, 0.1) is 0 Å². The lowest BCUT2D eigenvalue weighted by atomic mass is 10.0. The van der Waals surface area contributed by atoms with Crippen LogP contribution >= 0.6 is 0 Å². The summed E-state index contributed by atoms with van der Waals surface area (Å²) >= 11 is 0. The van der Waals surface area contributed by atoms with Crippen molar-refractivity contribution in [2.24, 2.45) is 5.73 Å². The zero-order chi connectivity index (χ0) is 25.8. The van der Waals surface area contributed by atoms with Crippen molar-refractivity contribution in [2.75, 3.05) is 32.2 Å². The van der Waals surface area contributed by atoms with Crippen molar-refractivity contribution in [3.05, 3.63) is 41.7 Å². The van der Waals surface area contributed by atoms with Crippen molar-refractivity contribution < 1.29 is 23.8 Å². The SMILES string of the molecule is C=C(C)Cn1nnnc1C(Nc1cccc(C(N)=O)c1OC)C1COCCN1C(=O)OC(C)(C)C. The molecule has 1 saturated heterocycles. The van der Waals surface area contributed by atoms with E-state index in [9.17, 15) is 9.59 Å². The minimum atomic E-state index is -0.677. The molecule has 1 aliphatic rings. The van der Waals surface area contributed by atoms with Crippen LogP contribution in [0.5, 0.6) is 5.75 Å². The first-order valence-electron chi connectivity index (χ1n) is 11.2. The number of carbonyl (C=O) groups is 2. The Hall–Kier alpha value is -3.67. The molecule has 2 amide bonds. The van der Waals surface area contributed by atoms with E-state index >= 15 is 0 Å². The van der Waals surface area contributed by atoms with Gasteiger partial charge in [-0.25, -0.2) is 9.48 Å². The van der Waals surface area contributed by atoms with Gasteiger partial charge in [0.2, 0.25) is 0 Å². The monoisotopic (exact) mass is 487 g/mol. The highest BCUT2D eigenvalue weighted by atomic mass is 16.6. The van der Waals surface area contributed by atoms with Gasteiger partial charge in [-0.15, -0.1) is 5.10 Å². The number of primary amides is 1. The molecule has 190 valence electrons. The summed E-state index contributed by atoms with van der Waals surface area (Å²) in [7, 11) is 1.45. The molecule has 1 aromatic heterocycles. The molecule has 3 N–H and O–H groups in total. The van der Waals surface area contributed by atoms with Gasteiger partial charge in [-0.3, -0.25) is 9.69 Å². The molecule has 1 aromatic carbocycles. The fraction of sp³-hybridized carbons (Fsp3) is 0.522. The predicted octanol–water partition coefficient (Wildman–Crippen LogP) is 2.15. The molecule has 3 rings (SSSR count). The van der Waals surface area contributed by atoms with Crippen molar-refractivity contribution in [2.45, 2.75) is 51.9 Å². The van der Waals surface area contributed by atoms with Crippen LogP contribution in [-0.2, 0) is 16.0 Å². The molecular weight excluding hydrogens is 454 g/mol. The first kappa shape index (κ1) is 25.9. The quantitative estimate of drug-likeness (QED) is 0.535. The number of methoxy groups -OCH3 is 1. The molecule has 0 spiro atoms. The Balaban J connectivity index is 2.08. The van der Waals surface area contributed by atoms with Gasteiger partial charge in [0.15, 0.2) is 11.6 Å². The molecule has 0 bridgehead atoms. The van der Waals surface area contributed by atoms with Crippen LogP contribution in [0.25, 0.3) is 0 Å². The first-order chi connectivity index (χ1) is 16.5. The van der Waals surface area contributed by atoms with E-state index in [4.69, 9.17) is 19.9 Å². The molecule has 0 radical (unpaired) electrons. The summed E-state index contributed by atoms with van der Waals surface area (Å²) in [5.41, 5.74) is 6.40. The van der Waals surface area contributed by atoms with Crippen molar-refractivity contribution in [3.8, 4) is 5.75 Å². The standard InChI is InChI=1S/C23H33N7O5/c1-14(2)12-30-21(26-27-28-30)18(25-16-9-7-8-15(20(24)31)19(16)33-6)17-13-34-11-10-29(17)22(32)35-23(3,4)5/h7-9,17-18,25H,1,10-13H2,2-6H3,(H2,24,31). The maximum Gasteiger partial charge on any atom is 0.410 e. The largest absolute Gasteiger partial charge is 0.494 e. The number of tetrazole rings is 1. The lowest BCUT2D eigenvalue weighted by Gasteiger charge is -2.40. The second-order valence-electron chi connectivity index (χ2n) is 9.34.